The van der Waals surface area contributed by atoms with Gasteiger partial charge in [-0.25, -0.2) is 4.79 Å². The average Bonchev–Trinajstić information content (AvgIpc) is 3.13. The molecule has 0 aliphatic heterocycles. The van der Waals surface area contributed by atoms with Crippen LogP contribution < -0.4 is 10.6 Å². The zero-order valence-electron chi connectivity index (χ0n) is 17.2. The molecule has 9 nitrogen and oxygen atoms in total. The molecule has 0 aliphatic carbocycles. The number of rotatable bonds is 8. The maximum absolute atomic E-state index is 12.5. The third-order valence-corrected chi connectivity index (χ3v) is 5.82. The fraction of sp³-hybridized carbons (Fsp3) is 0.190. The van der Waals surface area contributed by atoms with E-state index in [1.165, 1.54) is 36.0 Å². The van der Waals surface area contributed by atoms with Crippen molar-refractivity contribution in [2.45, 2.75) is 18.1 Å². The first-order valence-corrected chi connectivity index (χ1v) is 10.8. The molecule has 0 bridgehead atoms. The monoisotopic (exact) mass is 473 g/mol. The van der Waals surface area contributed by atoms with Crippen LogP contribution in [0, 0.1) is 0 Å². The lowest BCUT2D eigenvalue weighted by Crippen LogP contribution is -2.28. The van der Waals surface area contributed by atoms with Crippen LogP contribution in [-0.4, -0.2) is 43.4 Å². The van der Waals surface area contributed by atoms with E-state index in [1.54, 1.807) is 42.8 Å². The number of aromatic nitrogens is 3. The van der Waals surface area contributed by atoms with Gasteiger partial charge in [-0.2, -0.15) is 0 Å². The number of nitrogens with one attached hydrogen (secondary N) is 2. The molecule has 0 radical (unpaired) electrons. The highest BCUT2D eigenvalue weighted by Crippen LogP contribution is 2.21. The minimum atomic E-state index is -1.03. The lowest BCUT2D eigenvalue weighted by Gasteiger charge is -2.14. The lowest BCUT2D eigenvalue weighted by molar-refractivity contribution is -0.113. The molecule has 0 fully saturated rings. The summed E-state index contributed by atoms with van der Waals surface area (Å²) in [5, 5.41) is 23.5. The van der Waals surface area contributed by atoms with E-state index >= 15 is 0 Å². The van der Waals surface area contributed by atoms with Crippen LogP contribution in [-0.2, 0) is 11.8 Å². The summed E-state index contributed by atoms with van der Waals surface area (Å²) < 4.78 is 1.71. The fourth-order valence-corrected chi connectivity index (χ4v) is 3.78. The zero-order valence-corrected chi connectivity index (χ0v) is 18.8. The van der Waals surface area contributed by atoms with E-state index in [9.17, 15) is 14.4 Å². The van der Waals surface area contributed by atoms with E-state index in [2.05, 4.69) is 20.8 Å². The van der Waals surface area contributed by atoms with Crippen molar-refractivity contribution in [1.29, 1.82) is 0 Å². The number of thioether (sulfide) groups is 1. The van der Waals surface area contributed by atoms with E-state index in [4.69, 9.17) is 16.7 Å². The first-order chi connectivity index (χ1) is 15.3. The Kier molecular flexibility index (Phi) is 7.49. The molecule has 3 rings (SSSR count). The van der Waals surface area contributed by atoms with E-state index in [1.807, 2.05) is 0 Å². The standard InChI is InChI=1S/C21H20ClN5O4S/c1-12(23-19(29)15-5-3-4-6-16(15)22)18-25-26-21(27(18)2)32-11-17(28)24-14-9-7-13(8-10-14)20(30)31/h3-10,12H,11H2,1-2H3,(H,23,29)(H,24,28)(H,30,31)/t12-/m1/s1. The van der Waals surface area contributed by atoms with Crippen molar-refractivity contribution in [3.8, 4) is 0 Å². The number of aromatic carboxylic acids is 1. The van der Waals surface area contributed by atoms with Crippen LogP contribution in [0.3, 0.4) is 0 Å². The van der Waals surface area contributed by atoms with Gasteiger partial charge in [0.15, 0.2) is 11.0 Å². The van der Waals surface area contributed by atoms with E-state index < -0.39 is 12.0 Å². The number of carbonyl (C=O) groups excluding carboxylic acids is 2. The summed E-state index contributed by atoms with van der Waals surface area (Å²) in [7, 11) is 1.75. The van der Waals surface area contributed by atoms with Gasteiger partial charge in [-0.1, -0.05) is 35.5 Å². The Hall–Kier alpha value is -3.37. The highest BCUT2D eigenvalue weighted by atomic mass is 35.5. The first kappa shape index (κ1) is 23.3. The van der Waals surface area contributed by atoms with Gasteiger partial charge in [-0.05, 0) is 43.3 Å². The Bertz CT molecular complexity index is 1150. The Morgan fingerprint density at radius 1 is 1.12 bits per heavy atom. The molecule has 0 unspecified atom stereocenters. The van der Waals surface area contributed by atoms with Gasteiger partial charge in [-0.3, -0.25) is 9.59 Å². The Morgan fingerprint density at radius 2 is 1.81 bits per heavy atom. The number of amides is 2. The molecule has 0 saturated carbocycles. The number of anilines is 1. The van der Waals surface area contributed by atoms with Crippen molar-refractivity contribution in [3.05, 3.63) is 70.5 Å². The smallest absolute Gasteiger partial charge is 0.335 e. The summed E-state index contributed by atoms with van der Waals surface area (Å²) in [6, 6.07) is 12.2. The number of carboxylic acid groups (broad SMARTS) is 1. The minimum Gasteiger partial charge on any atom is -0.478 e. The second-order valence-corrected chi connectivity index (χ2v) is 8.14. The highest BCUT2D eigenvalue weighted by Gasteiger charge is 2.20. The number of hydrogen-bond acceptors (Lipinski definition) is 6. The fourth-order valence-electron chi connectivity index (χ4n) is 2.84. The van der Waals surface area contributed by atoms with Gasteiger partial charge in [0.2, 0.25) is 5.91 Å². The van der Waals surface area contributed by atoms with Gasteiger partial charge < -0.3 is 20.3 Å². The maximum Gasteiger partial charge on any atom is 0.335 e. The van der Waals surface area contributed by atoms with Crippen LogP contribution >= 0.6 is 23.4 Å². The Labute approximate surface area is 193 Å². The van der Waals surface area contributed by atoms with E-state index in [-0.39, 0.29) is 23.1 Å². The number of carboxylic acids is 1. The van der Waals surface area contributed by atoms with Gasteiger partial charge >= 0.3 is 5.97 Å². The molecular weight excluding hydrogens is 454 g/mol. The lowest BCUT2D eigenvalue weighted by atomic mass is 10.2. The number of hydrogen-bond donors (Lipinski definition) is 3. The molecular formula is C21H20ClN5O4S. The topological polar surface area (TPSA) is 126 Å². The molecule has 0 aliphatic rings. The Balaban J connectivity index is 1.57. The molecule has 1 heterocycles. The molecule has 1 atom stereocenters. The summed E-state index contributed by atoms with van der Waals surface area (Å²) in [5.74, 6) is -1.03. The number of nitrogens with zero attached hydrogens (tertiary/aromatic N) is 3. The summed E-state index contributed by atoms with van der Waals surface area (Å²) in [5.41, 5.74) is 1.00. The van der Waals surface area contributed by atoms with Crippen molar-refractivity contribution < 1.29 is 19.5 Å². The summed E-state index contributed by atoms with van der Waals surface area (Å²) in [6.45, 7) is 1.78. The summed E-state index contributed by atoms with van der Waals surface area (Å²) in [6.07, 6.45) is 0. The highest BCUT2D eigenvalue weighted by molar-refractivity contribution is 7.99. The number of carbonyl (C=O) groups is 3. The second-order valence-electron chi connectivity index (χ2n) is 6.79. The number of benzene rings is 2. The normalized spacial score (nSPS) is 11.6. The summed E-state index contributed by atoms with van der Waals surface area (Å²) in [4.78, 5) is 35.6. The molecule has 11 heteroatoms. The minimum absolute atomic E-state index is 0.0764. The zero-order chi connectivity index (χ0) is 23.3. The predicted molar refractivity (Wildman–Crippen MR) is 121 cm³/mol. The molecule has 2 aromatic carbocycles. The molecule has 32 heavy (non-hydrogen) atoms. The third-order valence-electron chi connectivity index (χ3n) is 4.47. The van der Waals surface area contributed by atoms with Crippen molar-refractivity contribution >= 4 is 46.8 Å². The largest absolute Gasteiger partial charge is 0.478 e. The molecule has 3 aromatic rings. The molecule has 3 N–H and O–H groups in total. The third kappa shape index (κ3) is 5.65. The van der Waals surface area contributed by atoms with Gasteiger partial charge in [0, 0.05) is 12.7 Å². The summed E-state index contributed by atoms with van der Waals surface area (Å²) >= 11 is 7.26. The quantitative estimate of drug-likeness (QED) is 0.428. The maximum atomic E-state index is 12.5. The van der Waals surface area contributed by atoms with Crippen LogP contribution in [0.5, 0.6) is 0 Å². The van der Waals surface area contributed by atoms with Gasteiger partial charge in [-0.15, -0.1) is 10.2 Å². The molecule has 0 spiro atoms. The van der Waals surface area contributed by atoms with Gasteiger partial charge in [0.25, 0.3) is 5.91 Å². The molecule has 166 valence electrons. The van der Waals surface area contributed by atoms with Crippen LogP contribution in [0.2, 0.25) is 5.02 Å². The average molecular weight is 474 g/mol. The SMILES string of the molecule is C[C@@H](NC(=O)c1ccccc1Cl)c1nnc(SCC(=O)Nc2ccc(C(=O)O)cc2)n1C. The van der Waals surface area contributed by atoms with Crippen molar-refractivity contribution in [1.82, 2.24) is 20.1 Å². The van der Waals surface area contributed by atoms with Crippen LogP contribution in [0.25, 0.3) is 0 Å². The van der Waals surface area contributed by atoms with Gasteiger partial charge in [0.05, 0.1) is 27.9 Å². The number of halogens is 1. The molecule has 0 saturated heterocycles. The molecule has 1 aromatic heterocycles. The van der Waals surface area contributed by atoms with E-state index in [0.717, 1.165) is 0 Å². The Morgan fingerprint density at radius 3 is 2.47 bits per heavy atom. The van der Waals surface area contributed by atoms with Gasteiger partial charge in [0.1, 0.15) is 0 Å². The first-order valence-electron chi connectivity index (χ1n) is 9.47. The molecule has 2 amide bonds. The van der Waals surface area contributed by atoms with E-state index in [0.29, 0.717) is 27.3 Å². The van der Waals surface area contributed by atoms with Crippen LogP contribution in [0.1, 0.15) is 39.5 Å². The predicted octanol–water partition coefficient (Wildman–Crippen LogP) is 3.39. The van der Waals surface area contributed by atoms with Crippen LogP contribution in [0.4, 0.5) is 5.69 Å². The van der Waals surface area contributed by atoms with Crippen molar-refractivity contribution in [2.24, 2.45) is 7.05 Å². The van der Waals surface area contributed by atoms with Crippen molar-refractivity contribution in [3.63, 3.8) is 0 Å². The van der Waals surface area contributed by atoms with Crippen LogP contribution in [0.15, 0.2) is 53.7 Å². The second kappa shape index (κ2) is 10.3. The van der Waals surface area contributed by atoms with Crippen molar-refractivity contribution in [2.75, 3.05) is 11.1 Å².